The Morgan fingerprint density at radius 2 is 2.10 bits per heavy atom. The second kappa shape index (κ2) is 5.19. The molecule has 1 aromatic rings. The summed E-state index contributed by atoms with van der Waals surface area (Å²) in [5.41, 5.74) is 0.468. The highest BCUT2D eigenvalue weighted by Crippen LogP contribution is 2.39. The minimum absolute atomic E-state index is 0.105. The molecular formula is C13H16N4O4. The predicted molar refractivity (Wildman–Crippen MR) is 71.3 cm³/mol. The second-order valence-electron chi connectivity index (χ2n) is 5.54. The fraction of sp³-hybridized carbons (Fsp3) is 0.538. The third-order valence-corrected chi connectivity index (χ3v) is 3.59. The van der Waals surface area contributed by atoms with Crippen LogP contribution in [-0.4, -0.2) is 38.7 Å². The molecule has 3 N–H and O–H groups in total. The molecule has 8 heteroatoms. The highest BCUT2D eigenvalue weighted by Gasteiger charge is 2.48. The summed E-state index contributed by atoms with van der Waals surface area (Å²) in [5, 5.41) is 18.2. The Bertz CT molecular complexity index is 593. The minimum atomic E-state index is -0.942. The van der Waals surface area contributed by atoms with Crippen molar-refractivity contribution < 1.29 is 19.5 Å². The van der Waals surface area contributed by atoms with Crippen LogP contribution in [0.1, 0.15) is 19.3 Å². The van der Waals surface area contributed by atoms with Gasteiger partial charge in [-0.25, -0.2) is 0 Å². The lowest BCUT2D eigenvalue weighted by Crippen LogP contribution is -2.29. The molecule has 2 aliphatic rings. The van der Waals surface area contributed by atoms with Crippen LogP contribution in [-0.2, 0) is 20.9 Å². The molecule has 8 nitrogen and oxygen atoms in total. The summed E-state index contributed by atoms with van der Waals surface area (Å²) in [6, 6.07) is 0.301. The number of aliphatic carboxylic acids is 1. The zero-order valence-electron chi connectivity index (χ0n) is 11.3. The van der Waals surface area contributed by atoms with E-state index in [0.29, 0.717) is 18.2 Å². The average molecular weight is 292 g/mol. The molecule has 0 aromatic carbocycles. The Kier molecular flexibility index (Phi) is 3.36. The number of nitrogens with one attached hydrogen (secondary N) is 2. The van der Waals surface area contributed by atoms with Crippen molar-refractivity contribution in [1.29, 1.82) is 0 Å². The van der Waals surface area contributed by atoms with Crippen molar-refractivity contribution in [2.24, 2.45) is 11.8 Å². The molecule has 112 valence electrons. The van der Waals surface area contributed by atoms with Gasteiger partial charge in [-0.1, -0.05) is 0 Å². The summed E-state index contributed by atoms with van der Waals surface area (Å²) in [7, 11) is 0. The van der Waals surface area contributed by atoms with Crippen molar-refractivity contribution in [1.82, 2.24) is 15.1 Å². The third-order valence-electron chi connectivity index (χ3n) is 3.59. The van der Waals surface area contributed by atoms with Gasteiger partial charge in [-0.3, -0.25) is 19.1 Å². The molecule has 2 atom stereocenters. The summed E-state index contributed by atoms with van der Waals surface area (Å²) in [6.07, 6.45) is 5.43. The lowest BCUT2D eigenvalue weighted by Gasteiger charge is -2.03. The van der Waals surface area contributed by atoms with Gasteiger partial charge in [0.15, 0.2) is 0 Å². The number of rotatable bonds is 6. The van der Waals surface area contributed by atoms with Crippen LogP contribution < -0.4 is 10.6 Å². The first-order valence-corrected chi connectivity index (χ1v) is 6.88. The number of anilines is 1. The van der Waals surface area contributed by atoms with Gasteiger partial charge in [0.05, 0.1) is 23.7 Å². The molecule has 2 amide bonds. The molecule has 3 rings (SSSR count). The number of nitrogens with zero attached hydrogens (tertiary/aromatic N) is 2. The maximum Gasteiger partial charge on any atom is 0.307 e. The molecule has 0 aliphatic heterocycles. The average Bonchev–Trinajstić information content (AvgIpc) is 3.29. The number of carbonyl (C=O) groups is 3. The van der Waals surface area contributed by atoms with Crippen LogP contribution in [0.5, 0.6) is 0 Å². The molecule has 1 heterocycles. The highest BCUT2D eigenvalue weighted by atomic mass is 16.4. The number of carbonyl (C=O) groups excluding carboxylic acids is 2. The SMILES string of the molecule is O=C(Cn1cc(NC(=O)C2CC2C(=O)O)cn1)NC1CC1. The molecule has 0 spiro atoms. The van der Waals surface area contributed by atoms with Crippen LogP contribution in [0.25, 0.3) is 0 Å². The van der Waals surface area contributed by atoms with E-state index in [0.717, 1.165) is 12.8 Å². The Labute approximate surface area is 120 Å². The Balaban J connectivity index is 1.49. The van der Waals surface area contributed by atoms with Crippen molar-refractivity contribution in [2.45, 2.75) is 31.8 Å². The largest absolute Gasteiger partial charge is 0.481 e. The first kappa shape index (κ1) is 13.6. The summed E-state index contributed by atoms with van der Waals surface area (Å²) < 4.78 is 1.44. The molecular weight excluding hydrogens is 276 g/mol. The molecule has 21 heavy (non-hydrogen) atoms. The van der Waals surface area contributed by atoms with Crippen molar-refractivity contribution in [3.05, 3.63) is 12.4 Å². The van der Waals surface area contributed by atoms with Gasteiger partial charge < -0.3 is 15.7 Å². The number of aromatic nitrogens is 2. The summed E-state index contributed by atoms with van der Waals surface area (Å²) in [5.74, 6) is -2.41. The normalized spacial score (nSPS) is 23.4. The van der Waals surface area contributed by atoms with E-state index in [-0.39, 0.29) is 18.4 Å². The molecule has 0 radical (unpaired) electrons. The molecule has 2 aliphatic carbocycles. The van der Waals surface area contributed by atoms with E-state index < -0.39 is 17.8 Å². The number of carboxylic acids is 1. The van der Waals surface area contributed by atoms with Gasteiger partial charge >= 0.3 is 5.97 Å². The number of amides is 2. The quantitative estimate of drug-likeness (QED) is 0.673. The van der Waals surface area contributed by atoms with Gasteiger partial charge in [0.25, 0.3) is 0 Å². The van der Waals surface area contributed by atoms with E-state index in [2.05, 4.69) is 15.7 Å². The number of hydrogen-bond acceptors (Lipinski definition) is 4. The smallest absolute Gasteiger partial charge is 0.307 e. The topological polar surface area (TPSA) is 113 Å². The Morgan fingerprint density at radius 1 is 1.33 bits per heavy atom. The van der Waals surface area contributed by atoms with Crippen LogP contribution in [0, 0.1) is 11.8 Å². The molecule has 0 bridgehead atoms. The molecule has 1 aromatic heterocycles. The fourth-order valence-electron chi connectivity index (χ4n) is 2.16. The van der Waals surface area contributed by atoms with Crippen molar-refractivity contribution in [3.63, 3.8) is 0 Å². The van der Waals surface area contributed by atoms with E-state index in [1.807, 2.05) is 0 Å². The van der Waals surface area contributed by atoms with Crippen LogP contribution in [0.2, 0.25) is 0 Å². The van der Waals surface area contributed by atoms with E-state index in [1.54, 1.807) is 6.20 Å². The minimum Gasteiger partial charge on any atom is -0.481 e. The van der Waals surface area contributed by atoms with Crippen LogP contribution in [0.3, 0.4) is 0 Å². The lowest BCUT2D eigenvalue weighted by atomic mass is 10.3. The van der Waals surface area contributed by atoms with Gasteiger partial charge in [0.2, 0.25) is 11.8 Å². The molecule has 2 saturated carbocycles. The van der Waals surface area contributed by atoms with Crippen molar-refractivity contribution in [2.75, 3.05) is 5.32 Å². The second-order valence-corrected chi connectivity index (χ2v) is 5.54. The van der Waals surface area contributed by atoms with Gasteiger partial charge in [-0.2, -0.15) is 5.10 Å². The zero-order valence-corrected chi connectivity index (χ0v) is 11.3. The van der Waals surface area contributed by atoms with Crippen molar-refractivity contribution >= 4 is 23.5 Å². The first-order valence-electron chi connectivity index (χ1n) is 6.88. The Hall–Kier alpha value is -2.38. The van der Waals surface area contributed by atoms with Crippen LogP contribution in [0.4, 0.5) is 5.69 Å². The maximum atomic E-state index is 11.8. The highest BCUT2D eigenvalue weighted by molar-refractivity contribution is 5.98. The molecule has 2 fully saturated rings. The fourth-order valence-corrected chi connectivity index (χ4v) is 2.16. The predicted octanol–water partition coefficient (Wildman–Crippen LogP) is -0.179. The summed E-state index contributed by atoms with van der Waals surface area (Å²) in [6.45, 7) is 0.105. The van der Waals surface area contributed by atoms with Crippen LogP contribution in [0.15, 0.2) is 12.4 Å². The van der Waals surface area contributed by atoms with Gasteiger partial charge in [-0.15, -0.1) is 0 Å². The van der Waals surface area contributed by atoms with E-state index >= 15 is 0 Å². The van der Waals surface area contributed by atoms with Crippen molar-refractivity contribution in [3.8, 4) is 0 Å². The van der Waals surface area contributed by atoms with Crippen LogP contribution >= 0.6 is 0 Å². The molecule has 2 unspecified atom stereocenters. The third kappa shape index (κ3) is 3.39. The van der Waals surface area contributed by atoms with Gasteiger partial charge in [0, 0.05) is 12.2 Å². The summed E-state index contributed by atoms with van der Waals surface area (Å²) in [4.78, 5) is 34.1. The molecule has 0 saturated heterocycles. The standard InChI is InChI=1S/C13H16N4O4/c18-11(15-7-1-2-7)6-17-5-8(4-14-17)16-12(19)9-3-10(9)13(20)21/h4-5,7,9-10H,1-3,6H2,(H,15,18)(H,16,19)(H,20,21). The maximum absolute atomic E-state index is 11.8. The first-order chi connectivity index (χ1) is 10.0. The van der Waals surface area contributed by atoms with Gasteiger partial charge in [-0.05, 0) is 19.3 Å². The van der Waals surface area contributed by atoms with E-state index in [9.17, 15) is 14.4 Å². The van der Waals surface area contributed by atoms with Gasteiger partial charge in [0.1, 0.15) is 6.54 Å². The zero-order chi connectivity index (χ0) is 15.0. The monoisotopic (exact) mass is 292 g/mol. The van der Waals surface area contributed by atoms with E-state index in [1.165, 1.54) is 10.9 Å². The van der Waals surface area contributed by atoms with E-state index in [4.69, 9.17) is 5.11 Å². The lowest BCUT2D eigenvalue weighted by molar-refractivity contribution is -0.139. The number of carboxylic acid groups (broad SMARTS) is 1. The number of hydrogen-bond donors (Lipinski definition) is 3. The Morgan fingerprint density at radius 3 is 2.71 bits per heavy atom. The summed E-state index contributed by atoms with van der Waals surface area (Å²) >= 11 is 0.